The van der Waals surface area contributed by atoms with Crippen LogP contribution in [-0.2, 0) is 6.61 Å². The summed E-state index contributed by atoms with van der Waals surface area (Å²) in [5.74, 6) is 0.220. The smallest absolute Gasteiger partial charge is 0.286 e. The van der Waals surface area contributed by atoms with Crippen LogP contribution in [0.2, 0.25) is 0 Å². The molecule has 2 N–H and O–H groups in total. The molecule has 2 amide bonds. The number of amides is 2. The van der Waals surface area contributed by atoms with E-state index in [0.717, 1.165) is 29.7 Å². The Kier molecular flexibility index (Phi) is 7.72. The van der Waals surface area contributed by atoms with Gasteiger partial charge < -0.3 is 15.4 Å². The van der Waals surface area contributed by atoms with Crippen molar-refractivity contribution in [3.8, 4) is 5.75 Å². The lowest BCUT2D eigenvalue weighted by Crippen LogP contribution is -2.24. The van der Waals surface area contributed by atoms with Gasteiger partial charge in [-0.1, -0.05) is 36.8 Å². The number of hydrogen-bond donors (Lipinski definition) is 2. The van der Waals surface area contributed by atoms with E-state index in [1.165, 1.54) is 11.3 Å². The lowest BCUT2D eigenvalue weighted by molar-refractivity contribution is 0.0951. The van der Waals surface area contributed by atoms with Gasteiger partial charge in [-0.25, -0.2) is 0 Å². The Balaban J connectivity index is 1.58. The molecule has 0 fully saturated rings. The molecule has 0 aliphatic heterocycles. The highest BCUT2D eigenvalue weighted by Crippen LogP contribution is 2.20. The lowest BCUT2D eigenvalue weighted by Gasteiger charge is -2.07. The van der Waals surface area contributed by atoms with Gasteiger partial charge in [0.05, 0.1) is 0 Å². The Labute approximate surface area is 185 Å². The summed E-state index contributed by atoms with van der Waals surface area (Å²) in [7, 11) is 0. The molecule has 0 aliphatic carbocycles. The van der Waals surface area contributed by atoms with Crippen LogP contribution in [0.4, 0.5) is 5.69 Å². The number of rotatable bonds is 9. The van der Waals surface area contributed by atoms with Gasteiger partial charge in [-0.05, 0) is 61.7 Å². The predicted molar refractivity (Wildman–Crippen MR) is 122 cm³/mol. The van der Waals surface area contributed by atoms with Crippen LogP contribution < -0.4 is 15.4 Å². The highest BCUT2D eigenvalue weighted by atomic mass is 32.1. The molecule has 2 aromatic carbocycles. The zero-order valence-electron chi connectivity index (χ0n) is 17.9. The molecule has 3 aromatic rings. The fourth-order valence-corrected chi connectivity index (χ4v) is 3.62. The van der Waals surface area contributed by atoms with Crippen LogP contribution in [0.3, 0.4) is 0 Å². The molecule has 0 aliphatic rings. The number of aromatic nitrogens is 2. The summed E-state index contributed by atoms with van der Waals surface area (Å²) >= 11 is 1.17. The second-order valence-corrected chi connectivity index (χ2v) is 8.32. The first-order valence-electron chi connectivity index (χ1n) is 10.2. The Morgan fingerprint density at radius 3 is 2.55 bits per heavy atom. The highest BCUT2D eigenvalue weighted by Gasteiger charge is 2.14. The van der Waals surface area contributed by atoms with Gasteiger partial charge in [0.15, 0.2) is 5.01 Å². The van der Waals surface area contributed by atoms with Crippen molar-refractivity contribution in [1.29, 1.82) is 0 Å². The molecule has 7 nitrogen and oxygen atoms in total. The van der Waals surface area contributed by atoms with E-state index in [9.17, 15) is 9.59 Å². The van der Waals surface area contributed by atoms with Crippen molar-refractivity contribution in [3.63, 3.8) is 0 Å². The topological polar surface area (TPSA) is 93.2 Å². The predicted octanol–water partition coefficient (Wildman–Crippen LogP) is 4.52. The molecule has 1 heterocycles. The number of aryl methyl sites for hydroxylation is 2. The van der Waals surface area contributed by atoms with Crippen molar-refractivity contribution in [2.24, 2.45) is 0 Å². The number of anilines is 1. The Hall–Kier alpha value is -3.26. The fourth-order valence-electron chi connectivity index (χ4n) is 2.97. The largest absolute Gasteiger partial charge is 0.486 e. The first-order chi connectivity index (χ1) is 14.9. The molecule has 0 unspecified atom stereocenters. The third-order valence-electron chi connectivity index (χ3n) is 4.42. The molecule has 0 spiro atoms. The van der Waals surface area contributed by atoms with Gasteiger partial charge in [0.2, 0.25) is 5.01 Å². The SMILES string of the molecule is CCCCNC(=O)c1cccc(NC(=O)c2nnc(COc3cc(C)cc(C)c3)s2)c1. The zero-order chi connectivity index (χ0) is 22.2. The Bertz CT molecular complexity index is 1040. The molecule has 31 heavy (non-hydrogen) atoms. The van der Waals surface area contributed by atoms with Crippen LogP contribution >= 0.6 is 11.3 Å². The van der Waals surface area contributed by atoms with Gasteiger partial charge in [0, 0.05) is 17.8 Å². The van der Waals surface area contributed by atoms with E-state index in [1.54, 1.807) is 24.3 Å². The summed E-state index contributed by atoms with van der Waals surface area (Å²) in [5, 5.41) is 14.5. The average Bonchev–Trinajstić information content (AvgIpc) is 3.21. The van der Waals surface area contributed by atoms with Crippen LogP contribution in [0.15, 0.2) is 42.5 Å². The third-order valence-corrected chi connectivity index (χ3v) is 5.31. The van der Waals surface area contributed by atoms with Gasteiger partial charge in [0.25, 0.3) is 11.8 Å². The van der Waals surface area contributed by atoms with E-state index in [4.69, 9.17) is 4.74 Å². The van der Waals surface area contributed by atoms with Crippen molar-refractivity contribution < 1.29 is 14.3 Å². The fraction of sp³-hybridized carbons (Fsp3) is 0.304. The van der Waals surface area contributed by atoms with Crippen molar-refractivity contribution in [2.45, 2.75) is 40.2 Å². The van der Waals surface area contributed by atoms with Crippen molar-refractivity contribution in [1.82, 2.24) is 15.5 Å². The van der Waals surface area contributed by atoms with E-state index in [-0.39, 0.29) is 23.4 Å². The number of ether oxygens (including phenoxy) is 1. The maximum atomic E-state index is 12.5. The van der Waals surface area contributed by atoms with Gasteiger partial charge in [-0.3, -0.25) is 9.59 Å². The van der Waals surface area contributed by atoms with E-state index in [2.05, 4.69) is 33.8 Å². The molecule has 0 atom stereocenters. The van der Waals surface area contributed by atoms with E-state index in [0.29, 0.717) is 22.8 Å². The van der Waals surface area contributed by atoms with Crippen LogP contribution in [0.25, 0.3) is 0 Å². The highest BCUT2D eigenvalue weighted by molar-refractivity contribution is 7.13. The van der Waals surface area contributed by atoms with Crippen LogP contribution in [-0.4, -0.2) is 28.6 Å². The molecule has 162 valence electrons. The maximum Gasteiger partial charge on any atom is 0.286 e. The number of unbranched alkanes of at least 4 members (excludes halogenated alkanes) is 1. The summed E-state index contributed by atoms with van der Waals surface area (Å²) in [6.07, 6.45) is 1.94. The number of carbonyl (C=O) groups is 2. The molecule has 0 bridgehead atoms. The minimum absolute atomic E-state index is 0.161. The van der Waals surface area contributed by atoms with E-state index < -0.39 is 0 Å². The van der Waals surface area contributed by atoms with Crippen LogP contribution in [0, 0.1) is 13.8 Å². The normalized spacial score (nSPS) is 10.5. The van der Waals surface area contributed by atoms with Crippen molar-refractivity contribution >= 4 is 28.8 Å². The number of benzene rings is 2. The summed E-state index contributed by atoms with van der Waals surface area (Å²) in [6.45, 7) is 6.95. The molecule has 0 saturated carbocycles. The number of carbonyl (C=O) groups excluding carboxylic acids is 2. The van der Waals surface area contributed by atoms with Crippen LogP contribution in [0.1, 0.15) is 56.1 Å². The Morgan fingerprint density at radius 2 is 1.81 bits per heavy atom. The minimum atomic E-state index is -0.376. The number of nitrogens with one attached hydrogen (secondary N) is 2. The monoisotopic (exact) mass is 438 g/mol. The molecular weight excluding hydrogens is 412 g/mol. The second-order valence-electron chi connectivity index (χ2n) is 7.26. The third kappa shape index (κ3) is 6.62. The first-order valence-corrected chi connectivity index (χ1v) is 11.0. The zero-order valence-corrected chi connectivity index (χ0v) is 18.7. The average molecular weight is 439 g/mol. The number of nitrogens with zero attached hydrogens (tertiary/aromatic N) is 2. The molecule has 1 aromatic heterocycles. The van der Waals surface area contributed by atoms with Gasteiger partial charge in [-0.15, -0.1) is 10.2 Å². The van der Waals surface area contributed by atoms with E-state index in [1.807, 2.05) is 26.0 Å². The van der Waals surface area contributed by atoms with Gasteiger partial charge in [-0.2, -0.15) is 0 Å². The molecular formula is C23H26N4O3S. The first kappa shape index (κ1) is 22.4. The second kappa shape index (κ2) is 10.7. The number of hydrogen-bond acceptors (Lipinski definition) is 6. The lowest BCUT2D eigenvalue weighted by atomic mass is 10.1. The summed E-state index contributed by atoms with van der Waals surface area (Å²) in [4.78, 5) is 24.7. The standard InChI is InChI=1S/C23H26N4O3S/c1-4-5-9-24-21(28)17-7-6-8-18(13-17)25-22(29)23-27-26-20(31-23)14-30-19-11-15(2)10-16(3)12-19/h6-8,10-13H,4-5,9,14H2,1-3H3,(H,24,28)(H,25,29). The quantitative estimate of drug-likeness (QED) is 0.479. The molecule has 8 heteroatoms. The molecule has 0 radical (unpaired) electrons. The summed E-state index contributed by atoms with van der Waals surface area (Å²) < 4.78 is 5.78. The summed E-state index contributed by atoms with van der Waals surface area (Å²) in [5.41, 5.74) is 3.26. The molecule has 0 saturated heterocycles. The van der Waals surface area contributed by atoms with Gasteiger partial charge >= 0.3 is 0 Å². The Morgan fingerprint density at radius 1 is 1.03 bits per heavy atom. The summed E-state index contributed by atoms with van der Waals surface area (Å²) in [6, 6.07) is 12.8. The van der Waals surface area contributed by atoms with Crippen molar-refractivity contribution in [3.05, 3.63) is 69.2 Å². The van der Waals surface area contributed by atoms with E-state index >= 15 is 0 Å². The van der Waals surface area contributed by atoms with Crippen molar-refractivity contribution in [2.75, 3.05) is 11.9 Å². The maximum absolute atomic E-state index is 12.5. The molecule has 3 rings (SSSR count). The van der Waals surface area contributed by atoms with Gasteiger partial charge in [0.1, 0.15) is 12.4 Å². The minimum Gasteiger partial charge on any atom is -0.486 e. The van der Waals surface area contributed by atoms with Crippen LogP contribution in [0.5, 0.6) is 5.75 Å².